The molecule has 2 unspecified atom stereocenters. The Labute approximate surface area is 158 Å². The highest BCUT2D eigenvalue weighted by atomic mass is 32.2. The van der Waals surface area contributed by atoms with Crippen molar-refractivity contribution >= 4 is 33.4 Å². The number of hydrazone groups is 1. The standard InChI is InChI=1S/C22H23N3S/c1-15-7-2-4-10-18(15)20-13-17(20)14-26-22(25-23)24-21-12-6-9-16-8-3-5-11-19(16)21/h2-12,17,20H,13-14,23H2,1H3,(H,24,25)/p+1. The molecule has 3 nitrogen and oxygen atoms in total. The highest BCUT2D eigenvalue weighted by Crippen LogP contribution is 2.49. The van der Waals surface area contributed by atoms with Crippen molar-refractivity contribution in [2.24, 2.45) is 16.9 Å². The quantitative estimate of drug-likeness (QED) is 0.241. The van der Waals surface area contributed by atoms with Crippen LogP contribution in [-0.4, -0.2) is 10.9 Å². The zero-order valence-corrected chi connectivity index (χ0v) is 15.7. The summed E-state index contributed by atoms with van der Waals surface area (Å²) in [7, 11) is 0. The summed E-state index contributed by atoms with van der Waals surface area (Å²) in [6.45, 7) is 2.21. The third-order valence-electron chi connectivity index (χ3n) is 5.19. The average Bonchev–Trinajstić information content (AvgIpc) is 3.45. The molecule has 4 rings (SSSR count). The lowest BCUT2D eigenvalue weighted by molar-refractivity contribution is -0.435. The number of amidine groups is 1. The number of fused-ring (bicyclic) bond motifs is 1. The molecule has 0 aromatic heterocycles. The Morgan fingerprint density at radius 1 is 1.08 bits per heavy atom. The number of quaternary nitrogens is 1. The first-order valence-corrected chi connectivity index (χ1v) is 10.0. The molecule has 4 N–H and O–H groups in total. The molecule has 0 spiro atoms. The van der Waals surface area contributed by atoms with Gasteiger partial charge in [-0.2, -0.15) is 0 Å². The second-order valence-electron chi connectivity index (χ2n) is 6.95. The third kappa shape index (κ3) is 3.62. The van der Waals surface area contributed by atoms with Crippen LogP contribution in [0.15, 0.2) is 71.8 Å². The van der Waals surface area contributed by atoms with E-state index in [2.05, 4.69) is 84.1 Å². The molecule has 132 valence electrons. The van der Waals surface area contributed by atoms with Gasteiger partial charge in [-0.05, 0) is 59.5 Å². The molecule has 1 aliphatic carbocycles. The predicted octanol–water partition coefficient (Wildman–Crippen LogP) is 4.11. The minimum absolute atomic E-state index is 0.695. The van der Waals surface area contributed by atoms with Crippen molar-refractivity contribution in [3.8, 4) is 0 Å². The Morgan fingerprint density at radius 2 is 1.85 bits per heavy atom. The van der Waals surface area contributed by atoms with Crippen LogP contribution in [0, 0.1) is 12.8 Å². The molecule has 26 heavy (non-hydrogen) atoms. The van der Waals surface area contributed by atoms with Gasteiger partial charge >= 0.3 is 0 Å². The summed E-state index contributed by atoms with van der Waals surface area (Å²) in [4.78, 5) is 0. The van der Waals surface area contributed by atoms with Gasteiger partial charge in [-0.15, -0.1) is 5.10 Å². The molecular formula is C22H24N3S+. The number of thioether (sulfide) groups is 1. The zero-order valence-electron chi connectivity index (χ0n) is 14.9. The summed E-state index contributed by atoms with van der Waals surface area (Å²) >= 11 is 1.77. The van der Waals surface area contributed by atoms with Crippen molar-refractivity contribution in [3.63, 3.8) is 0 Å². The number of aryl methyl sites for hydroxylation is 1. The van der Waals surface area contributed by atoms with Crippen molar-refractivity contribution in [1.82, 2.24) is 0 Å². The zero-order chi connectivity index (χ0) is 17.9. The van der Waals surface area contributed by atoms with Gasteiger partial charge in [0.2, 0.25) is 0 Å². The Balaban J connectivity index is 1.40. The molecule has 2 atom stereocenters. The molecule has 4 heteroatoms. The van der Waals surface area contributed by atoms with Crippen LogP contribution in [0.1, 0.15) is 23.5 Å². The van der Waals surface area contributed by atoms with Gasteiger partial charge in [-0.25, -0.2) is 0 Å². The van der Waals surface area contributed by atoms with Gasteiger partial charge in [0.15, 0.2) is 0 Å². The fourth-order valence-electron chi connectivity index (χ4n) is 3.63. The van der Waals surface area contributed by atoms with E-state index in [9.17, 15) is 0 Å². The van der Waals surface area contributed by atoms with E-state index >= 15 is 0 Å². The first-order chi connectivity index (χ1) is 12.8. The first-order valence-electron chi connectivity index (χ1n) is 9.05. The molecule has 0 amide bonds. The normalized spacial score (nSPS) is 19.7. The molecule has 3 aromatic rings. The second kappa shape index (κ2) is 7.52. The van der Waals surface area contributed by atoms with Crippen LogP contribution >= 0.6 is 11.8 Å². The van der Waals surface area contributed by atoms with Gasteiger partial charge in [0.1, 0.15) is 5.69 Å². The maximum atomic E-state index is 5.68. The van der Waals surface area contributed by atoms with Crippen molar-refractivity contribution in [2.75, 3.05) is 5.75 Å². The Bertz CT molecular complexity index is 946. The Kier molecular flexibility index (Phi) is 4.96. The molecule has 0 heterocycles. The average molecular weight is 363 g/mol. The van der Waals surface area contributed by atoms with Crippen LogP contribution in [0.4, 0.5) is 5.69 Å². The molecule has 1 aliphatic rings. The Morgan fingerprint density at radius 3 is 2.69 bits per heavy atom. The second-order valence-corrected chi connectivity index (χ2v) is 7.99. The van der Waals surface area contributed by atoms with Crippen molar-refractivity contribution in [2.45, 2.75) is 19.3 Å². The molecule has 0 radical (unpaired) electrons. The topological polar surface area (TPSA) is 55.0 Å². The SMILES string of the molecule is Cc1ccccc1C1CC1CSC(=NN)[NH2+]c1cccc2ccccc12. The van der Waals surface area contributed by atoms with Crippen molar-refractivity contribution in [3.05, 3.63) is 77.9 Å². The van der Waals surface area contributed by atoms with Crippen molar-refractivity contribution in [1.29, 1.82) is 0 Å². The molecular weight excluding hydrogens is 338 g/mol. The van der Waals surface area contributed by atoms with E-state index in [-0.39, 0.29) is 0 Å². The minimum Gasteiger partial charge on any atom is -0.317 e. The van der Waals surface area contributed by atoms with Crippen LogP contribution in [0.2, 0.25) is 0 Å². The summed E-state index contributed by atoms with van der Waals surface area (Å²) in [5.41, 5.74) is 4.08. The molecule has 0 saturated heterocycles. The number of hydrogen-bond donors (Lipinski definition) is 2. The van der Waals surface area contributed by atoms with Gasteiger partial charge in [0.05, 0.1) is 0 Å². The number of nitrogens with two attached hydrogens (primary N) is 2. The monoisotopic (exact) mass is 362 g/mol. The van der Waals surface area contributed by atoms with Gasteiger partial charge in [-0.3, -0.25) is 5.32 Å². The van der Waals surface area contributed by atoms with E-state index in [1.54, 1.807) is 11.8 Å². The van der Waals surface area contributed by atoms with Gasteiger partial charge in [-0.1, -0.05) is 54.6 Å². The maximum Gasteiger partial charge on any atom is 0.281 e. The fraction of sp³-hybridized carbons (Fsp3) is 0.227. The maximum absolute atomic E-state index is 5.68. The lowest BCUT2D eigenvalue weighted by Gasteiger charge is -2.07. The largest absolute Gasteiger partial charge is 0.317 e. The van der Waals surface area contributed by atoms with E-state index in [1.165, 1.54) is 34.0 Å². The molecule has 0 bridgehead atoms. The summed E-state index contributed by atoms with van der Waals surface area (Å²) in [5.74, 6) is 8.16. The third-order valence-corrected chi connectivity index (χ3v) is 6.30. The molecule has 0 aliphatic heterocycles. The number of nitrogens with zero attached hydrogens (tertiary/aromatic N) is 1. The number of rotatable bonds is 4. The molecule has 1 fully saturated rings. The smallest absolute Gasteiger partial charge is 0.281 e. The van der Waals surface area contributed by atoms with Crippen LogP contribution in [0.5, 0.6) is 0 Å². The minimum atomic E-state index is 0.695. The van der Waals surface area contributed by atoms with E-state index in [1.807, 2.05) is 0 Å². The van der Waals surface area contributed by atoms with Crippen LogP contribution < -0.4 is 11.2 Å². The van der Waals surface area contributed by atoms with E-state index in [0.29, 0.717) is 5.92 Å². The summed E-state index contributed by atoms with van der Waals surface area (Å²) in [6, 6.07) is 23.5. The van der Waals surface area contributed by atoms with E-state index in [4.69, 9.17) is 5.84 Å². The van der Waals surface area contributed by atoms with E-state index < -0.39 is 0 Å². The fourth-order valence-corrected chi connectivity index (χ4v) is 4.67. The van der Waals surface area contributed by atoms with Crippen molar-refractivity contribution < 1.29 is 5.32 Å². The summed E-state index contributed by atoms with van der Waals surface area (Å²) in [5, 5.41) is 9.52. The lowest BCUT2D eigenvalue weighted by atomic mass is 10.0. The molecule has 1 saturated carbocycles. The summed E-state index contributed by atoms with van der Waals surface area (Å²) in [6.07, 6.45) is 1.27. The first kappa shape index (κ1) is 17.1. The van der Waals surface area contributed by atoms with Crippen LogP contribution in [-0.2, 0) is 0 Å². The highest BCUT2D eigenvalue weighted by molar-refractivity contribution is 8.13. The highest BCUT2D eigenvalue weighted by Gasteiger charge is 2.39. The molecule has 3 aromatic carbocycles. The van der Waals surface area contributed by atoms with Gasteiger partial charge in [0.25, 0.3) is 5.17 Å². The van der Waals surface area contributed by atoms with Crippen LogP contribution in [0.25, 0.3) is 10.8 Å². The van der Waals surface area contributed by atoms with Gasteiger partial charge in [0, 0.05) is 17.2 Å². The van der Waals surface area contributed by atoms with E-state index in [0.717, 1.165) is 16.8 Å². The predicted molar refractivity (Wildman–Crippen MR) is 112 cm³/mol. The van der Waals surface area contributed by atoms with Gasteiger partial charge < -0.3 is 5.84 Å². The Hall–Kier alpha value is -2.30. The summed E-state index contributed by atoms with van der Waals surface area (Å²) < 4.78 is 0. The van der Waals surface area contributed by atoms with Crippen LogP contribution in [0.3, 0.4) is 0 Å². The number of benzene rings is 3. The lowest BCUT2D eigenvalue weighted by Crippen LogP contribution is -2.81. The number of hydrogen-bond acceptors (Lipinski definition) is 3.